The van der Waals surface area contributed by atoms with Gasteiger partial charge in [-0.15, -0.1) is 0 Å². The van der Waals surface area contributed by atoms with E-state index in [0.717, 1.165) is 12.8 Å². The van der Waals surface area contributed by atoms with E-state index in [1.54, 1.807) is 6.92 Å². The number of carboxylic acids is 1. The van der Waals surface area contributed by atoms with Crippen molar-refractivity contribution in [1.82, 2.24) is 15.5 Å². The molecule has 0 saturated carbocycles. The highest BCUT2D eigenvalue weighted by Gasteiger charge is 2.32. The minimum absolute atomic E-state index is 0.231. The highest BCUT2D eigenvalue weighted by atomic mass is 16.5. The fourth-order valence-corrected chi connectivity index (χ4v) is 1.78. The van der Waals surface area contributed by atoms with Crippen LogP contribution in [0, 0.1) is 0 Å². The molecule has 0 fully saturated rings. The van der Waals surface area contributed by atoms with Crippen molar-refractivity contribution in [1.29, 1.82) is 0 Å². The van der Waals surface area contributed by atoms with Gasteiger partial charge in [-0.05, 0) is 26.2 Å². The summed E-state index contributed by atoms with van der Waals surface area (Å²) in [7, 11) is 0. The number of aryl methyl sites for hydroxylation is 2. The second-order valence-corrected chi connectivity index (χ2v) is 5.25. The van der Waals surface area contributed by atoms with E-state index in [1.807, 2.05) is 6.92 Å². The summed E-state index contributed by atoms with van der Waals surface area (Å²) >= 11 is 0. The van der Waals surface area contributed by atoms with Crippen molar-refractivity contribution in [3.63, 3.8) is 0 Å². The molecule has 1 unspecified atom stereocenters. The van der Waals surface area contributed by atoms with Crippen LogP contribution in [0.2, 0.25) is 0 Å². The van der Waals surface area contributed by atoms with E-state index in [9.17, 15) is 9.59 Å². The van der Waals surface area contributed by atoms with Crippen LogP contribution in [0.25, 0.3) is 0 Å². The Bertz CT molecular complexity index is 486. The van der Waals surface area contributed by atoms with E-state index in [2.05, 4.69) is 15.5 Å². The lowest BCUT2D eigenvalue weighted by atomic mass is 9.99. The molecule has 7 nitrogen and oxygen atoms in total. The first-order chi connectivity index (χ1) is 9.91. The zero-order chi connectivity index (χ0) is 15.9. The molecule has 0 radical (unpaired) electrons. The third-order valence-corrected chi connectivity index (χ3v) is 3.37. The van der Waals surface area contributed by atoms with E-state index in [0.29, 0.717) is 31.0 Å². The SMILES string of the molecule is CCCc1noc(CCCC(=O)NC(C)(CC)C(=O)O)n1. The molecule has 1 atom stereocenters. The highest BCUT2D eigenvalue weighted by Crippen LogP contribution is 2.10. The number of amides is 1. The molecule has 1 rings (SSSR count). The van der Waals surface area contributed by atoms with E-state index < -0.39 is 11.5 Å². The summed E-state index contributed by atoms with van der Waals surface area (Å²) < 4.78 is 5.07. The highest BCUT2D eigenvalue weighted by molar-refractivity contribution is 5.86. The zero-order valence-electron chi connectivity index (χ0n) is 12.8. The Labute approximate surface area is 124 Å². The van der Waals surface area contributed by atoms with Gasteiger partial charge in [-0.1, -0.05) is 19.0 Å². The molecular weight excluding hydrogens is 274 g/mol. The Morgan fingerprint density at radius 2 is 2.05 bits per heavy atom. The summed E-state index contributed by atoms with van der Waals surface area (Å²) in [6.45, 7) is 5.26. The van der Waals surface area contributed by atoms with E-state index in [1.165, 1.54) is 6.92 Å². The molecule has 0 aromatic carbocycles. The van der Waals surface area contributed by atoms with Gasteiger partial charge in [0, 0.05) is 19.3 Å². The van der Waals surface area contributed by atoms with Gasteiger partial charge < -0.3 is 14.9 Å². The molecule has 7 heteroatoms. The second kappa shape index (κ2) is 7.75. The van der Waals surface area contributed by atoms with Crippen molar-refractivity contribution in [2.24, 2.45) is 0 Å². The summed E-state index contributed by atoms with van der Waals surface area (Å²) in [6.07, 6.45) is 3.34. The van der Waals surface area contributed by atoms with Crippen LogP contribution in [0.15, 0.2) is 4.52 Å². The average molecular weight is 297 g/mol. The molecule has 21 heavy (non-hydrogen) atoms. The molecule has 1 heterocycles. The lowest BCUT2D eigenvalue weighted by Crippen LogP contribution is -2.51. The van der Waals surface area contributed by atoms with Crippen LogP contribution in [0.1, 0.15) is 58.2 Å². The van der Waals surface area contributed by atoms with Gasteiger partial charge >= 0.3 is 5.97 Å². The predicted octanol–water partition coefficient (Wildman–Crippen LogP) is 1.71. The molecule has 2 N–H and O–H groups in total. The first-order valence-corrected chi connectivity index (χ1v) is 7.27. The van der Waals surface area contributed by atoms with Gasteiger partial charge in [0.05, 0.1) is 0 Å². The van der Waals surface area contributed by atoms with E-state index >= 15 is 0 Å². The minimum atomic E-state index is -1.21. The third kappa shape index (κ3) is 5.17. The van der Waals surface area contributed by atoms with Gasteiger partial charge in [-0.2, -0.15) is 4.98 Å². The van der Waals surface area contributed by atoms with Gasteiger partial charge in [0.25, 0.3) is 0 Å². The maximum Gasteiger partial charge on any atom is 0.329 e. The van der Waals surface area contributed by atoms with E-state index in [-0.39, 0.29) is 12.3 Å². The largest absolute Gasteiger partial charge is 0.480 e. The molecular formula is C14H23N3O4. The number of hydrogen-bond acceptors (Lipinski definition) is 5. The Morgan fingerprint density at radius 3 is 2.62 bits per heavy atom. The number of carbonyl (C=O) groups excluding carboxylic acids is 1. The maximum absolute atomic E-state index is 11.8. The zero-order valence-corrected chi connectivity index (χ0v) is 12.8. The topological polar surface area (TPSA) is 105 Å². The summed E-state index contributed by atoms with van der Waals surface area (Å²) in [4.78, 5) is 27.1. The van der Waals surface area contributed by atoms with Crippen LogP contribution in [-0.4, -0.2) is 32.7 Å². The van der Waals surface area contributed by atoms with Crippen LogP contribution < -0.4 is 5.32 Å². The van der Waals surface area contributed by atoms with Crippen molar-refractivity contribution in [2.45, 2.75) is 64.8 Å². The third-order valence-electron chi connectivity index (χ3n) is 3.37. The Hall–Kier alpha value is -1.92. The molecule has 0 spiro atoms. The van der Waals surface area contributed by atoms with Crippen molar-refractivity contribution in [3.8, 4) is 0 Å². The van der Waals surface area contributed by atoms with Gasteiger partial charge in [-0.25, -0.2) is 4.79 Å². The molecule has 0 aliphatic rings. The quantitative estimate of drug-likeness (QED) is 0.719. The average Bonchev–Trinajstić information content (AvgIpc) is 2.86. The van der Waals surface area contributed by atoms with Crippen molar-refractivity contribution in [2.75, 3.05) is 0 Å². The van der Waals surface area contributed by atoms with Crippen molar-refractivity contribution in [3.05, 3.63) is 11.7 Å². The van der Waals surface area contributed by atoms with Crippen LogP contribution in [-0.2, 0) is 22.4 Å². The number of carbonyl (C=O) groups is 2. The Morgan fingerprint density at radius 1 is 1.33 bits per heavy atom. The fraction of sp³-hybridized carbons (Fsp3) is 0.714. The number of aliphatic carboxylic acids is 1. The van der Waals surface area contributed by atoms with Gasteiger partial charge in [0.1, 0.15) is 5.54 Å². The Kier molecular flexibility index (Phi) is 6.33. The number of rotatable bonds is 9. The summed E-state index contributed by atoms with van der Waals surface area (Å²) in [5.41, 5.74) is -1.21. The molecule has 1 aromatic heterocycles. The molecule has 1 aromatic rings. The second-order valence-electron chi connectivity index (χ2n) is 5.25. The molecule has 0 saturated heterocycles. The molecule has 0 aliphatic heterocycles. The molecule has 1 amide bonds. The number of nitrogens with one attached hydrogen (secondary N) is 1. The summed E-state index contributed by atoms with van der Waals surface area (Å²) in [6, 6.07) is 0. The normalized spacial score (nSPS) is 13.7. The first kappa shape index (κ1) is 17.1. The molecule has 0 bridgehead atoms. The van der Waals surface area contributed by atoms with Crippen LogP contribution in [0.4, 0.5) is 0 Å². The lowest BCUT2D eigenvalue weighted by molar-refractivity contribution is -0.147. The van der Waals surface area contributed by atoms with Gasteiger partial charge in [0.15, 0.2) is 5.82 Å². The summed E-state index contributed by atoms with van der Waals surface area (Å²) in [5, 5.41) is 15.5. The summed E-state index contributed by atoms with van der Waals surface area (Å²) in [5.74, 6) is -0.112. The maximum atomic E-state index is 11.8. The standard InChI is InChI=1S/C14H23N3O4/c1-4-7-10-15-12(21-17-10)9-6-8-11(18)16-14(3,5-2)13(19)20/h4-9H2,1-3H3,(H,16,18)(H,19,20). The monoisotopic (exact) mass is 297 g/mol. The minimum Gasteiger partial charge on any atom is -0.480 e. The lowest BCUT2D eigenvalue weighted by Gasteiger charge is -2.24. The first-order valence-electron chi connectivity index (χ1n) is 7.27. The Balaban J connectivity index is 2.37. The fourth-order valence-electron chi connectivity index (χ4n) is 1.78. The van der Waals surface area contributed by atoms with Crippen LogP contribution in [0.5, 0.6) is 0 Å². The number of nitrogens with zero attached hydrogens (tertiary/aromatic N) is 2. The van der Waals surface area contributed by atoms with Gasteiger partial charge in [0.2, 0.25) is 11.8 Å². The van der Waals surface area contributed by atoms with Crippen LogP contribution >= 0.6 is 0 Å². The number of aromatic nitrogens is 2. The van der Waals surface area contributed by atoms with E-state index in [4.69, 9.17) is 9.63 Å². The molecule has 0 aliphatic carbocycles. The molecule has 118 valence electrons. The van der Waals surface area contributed by atoms with Crippen LogP contribution in [0.3, 0.4) is 0 Å². The smallest absolute Gasteiger partial charge is 0.329 e. The number of carboxylic acid groups (broad SMARTS) is 1. The van der Waals surface area contributed by atoms with Crippen molar-refractivity contribution >= 4 is 11.9 Å². The van der Waals surface area contributed by atoms with Crippen molar-refractivity contribution < 1.29 is 19.2 Å². The predicted molar refractivity (Wildman–Crippen MR) is 75.7 cm³/mol. The van der Waals surface area contributed by atoms with Gasteiger partial charge in [-0.3, -0.25) is 4.79 Å². The number of hydrogen-bond donors (Lipinski definition) is 2.